The maximum Gasteiger partial charge on any atom is 0.155 e. The predicted octanol–water partition coefficient (Wildman–Crippen LogP) is 10.4. The average molecular weight is 739 g/mol. The summed E-state index contributed by atoms with van der Waals surface area (Å²) in [7, 11) is 0. The molecular weight excluding hydrogens is 703 g/mol. The van der Waals surface area contributed by atoms with Gasteiger partial charge in [0.05, 0.1) is 10.5 Å². The minimum Gasteiger partial charge on any atom is -0.512 e. The number of fused-ring (bicyclic) bond motifs is 1. The number of hydrogen-bond donors (Lipinski definition) is 1. The molecule has 0 saturated carbocycles. The number of rotatable bonds is 6. The van der Waals surface area contributed by atoms with Crippen LogP contribution in [0.5, 0.6) is 0 Å². The third kappa shape index (κ3) is 8.10. The smallest absolute Gasteiger partial charge is 0.155 e. The van der Waals surface area contributed by atoms with Crippen molar-refractivity contribution in [2.75, 3.05) is 0 Å². The van der Waals surface area contributed by atoms with E-state index in [4.69, 9.17) is 10.1 Å². The summed E-state index contributed by atoms with van der Waals surface area (Å²) in [5, 5.41) is 9.61. The number of aliphatic hydroxyl groups is 1. The molecular formula is C36H36IrNO2S-. The maximum atomic E-state index is 10.0. The predicted molar refractivity (Wildman–Crippen MR) is 170 cm³/mol. The van der Waals surface area contributed by atoms with E-state index in [0.29, 0.717) is 11.8 Å². The van der Waals surface area contributed by atoms with Crippen LogP contribution in [0.15, 0.2) is 96.9 Å². The van der Waals surface area contributed by atoms with Gasteiger partial charge in [0.2, 0.25) is 0 Å². The molecule has 5 heteroatoms. The van der Waals surface area contributed by atoms with E-state index in [-0.39, 0.29) is 31.6 Å². The zero-order valence-electron chi connectivity index (χ0n) is 24.4. The van der Waals surface area contributed by atoms with Crippen LogP contribution in [0.3, 0.4) is 0 Å². The average Bonchev–Trinajstić information content (AvgIpc) is 3.36. The number of allylic oxidation sites excluding steroid dienone is 2. The van der Waals surface area contributed by atoms with Gasteiger partial charge in [0.15, 0.2) is 5.78 Å². The van der Waals surface area contributed by atoms with Gasteiger partial charge in [-0.25, -0.2) is 0 Å². The van der Waals surface area contributed by atoms with E-state index in [0.717, 1.165) is 11.3 Å². The molecule has 0 amide bonds. The van der Waals surface area contributed by atoms with Gasteiger partial charge in [0.25, 0.3) is 0 Å². The quantitative estimate of drug-likeness (QED) is 0.107. The Bertz CT molecular complexity index is 1620. The standard InChI is InChI=1S/C31H28NS.C5H8O2.Ir/c1-20(2)26-14-9-15-27(21(3)4)31(26)29-18-25-17-28(32-19-30(25)33-29)24-13-8-12-23(16-24)22-10-6-5-7-11-22;1-4(6)3-5(2)7;/h5-12,14-21H,1-4H3;3,6H,1-2H3;/q-1;;/b;4-3-;. The molecule has 0 aliphatic rings. The zero-order chi connectivity index (χ0) is 28.8. The molecule has 1 N–H and O–H groups in total. The number of thiophene rings is 1. The van der Waals surface area contributed by atoms with E-state index in [2.05, 4.69) is 100 Å². The van der Waals surface area contributed by atoms with Crippen LogP contribution in [0.4, 0.5) is 0 Å². The number of carbonyl (C=O) groups is 1. The van der Waals surface area contributed by atoms with Crippen LogP contribution in [0, 0.1) is 6.07 Å². The molecule has 0 spiro atoms. The van der Waals surface area contributed by atoms with Gasteiger partial charge in [-0.2, -0.15) is 0 Å². The van der Waals surface area contributed by atoms with Gasteiger partial charge in [-0.1, -0.05) is 82.3 Å². The van der Waals surface area contributed by atoms with Crippen molar-refractivity contribution in [1.82, 2.24) is 4.98 Å². The molecule has 41 heavy (non-hydrogen) atoms. The monoisotopic (exact) mass is 739 g/mol. The van der Waals surface area contributed by atoms with Gasteiger partial charge in [0.1, 0.15) is 0 Å². The first kappa shape index (κ1) is 32.1. The molecule has 0 saturated heterocycles. The molecule has 0 aliphatic carbocycles. The summed E-state index contributed by atoms with van der Waals surface area (Å²) < 4.78 is 1.22. The second-order valence-electron chi connectivity index (χ2n) is 10.6. The van der Waals surface area contributed by atoms with E-state index < -0.39 is 0 Å². The van der Waals surface area contributed by atoms with Gasteiger partial charge < -0.3 is 10.1 Å². The third-order valence-corrected chi connectivity index (χ3v) is 7.72. The number of hydrogen-bond acceptors (Lipinski definition) is 4. The van der Waals surface area contributed by atoms with E-state index in [1.165, 1.54) is 62.7 Å². The fourth-order valence-electron chi connectivity index (χ4n) is 4.77. The van der Waals surface area contributed by atoms with Crippen LogP contribution in [0.1, 0.15) is 64.5 Å². The minimum atomic E-state index is -0.125. The summed E-state index contributed by atoms with van der Waals surface area (Å²) >= 11 is 1.84. The van der Waals surface area contributed by atoms with Crippen LogP contribution in [-0.2, 0) is 24.9 Å². The molecule has 5 rings (SSSR count). The molecule has 0 atom stereocenters. The normalized spacial score (nSPS) is 11.3. The summed E-state index contributed by atoms with van der Waals surface area (Å²) in [5.41, 5.74) is 8.63. The Morgan fingerprint density at radius 2 is 1.54 bits per heavy atom. The van der Waals surface area contributed by atoms with Gasteiger partial charge in [0, 0.05) is 37.3 Å². The van der Waals surface area contributed by atoms with Crippen LogP contribution in [0.25, 0.3) is 42.9 Å². The fourth-order valence-corrected chi connectivity index (χ4v) is 5.87. The van der Waals surface area contributed by atoms with Gasteiger partial charge in [-0.15, -0.1) is 46.7 Å². The molecule has 0 bridgehead atoms. The third-order valence-electron chi connectivity index (χ3n) is 6.62. The van der Waals surface area contributed by atoms with Crippen molar-refractivity contribution in [3.63, 3.8) is 0 Å². The molecule has 213 valence electrons. The Kier molecular flexibility index (Phi) is 11.4. The second-order valence-corrected chi connectivity index (χ2v) is 11.7. The Morgan fingerprint density at radius 1 is 0.878 bits per heavy atom. The molecule has 0 unspecified atom stereocenters. The van der Waals surface area contributed by atoms with Crippen molar-refractivity contribution in [1.29, 1.82) is 0 Å². The van der Waals surface area contributed by atoms with E-state index in [1.54, 1.807) is 0 Å². The van der Waals surface area contributed by atoms with Crippen molar-refractivity contribution in [2.24, 2.45) is 0 Å². The number of ketones is 1. The molecule has 2 aromatic heterocycles. The SMILES string of the molecule is CC(=O)/C=C(/C)O.CC(C)c1cccc(C(C)C)c1-c1cc2cc(-c3[c-]ccc(-c4ccccc4)c3)ncc2s1.[Ir]. The van der Waals surface area contributed by atoms with Crippen molar-refractivity contribution in [2.45, 2.75) is 53.4 Å². The van der Waals surface area contributed by atoms with Crippen molar-refractivity contribution >= 4 is 27.2 Å². The van der Waals surface area contributed by atoms with Gasteiger partial charge in [-0.05, 0) is 65.1 Å². The van der Waals surface area contributed by atoms with Gasteiger partial charge in [-0.3, -0.25) is 4.79 Å². The molecule has 2 heterocycles. The summed E-state index contributed by atoms with van der Waals surface area (Å²) in [4.78, 5) is 16.2. The van der Waals surface area contributed by atoms with E-state index in [1.807, 2.05) is 29.7 Å². The summed E-state index contributed by atoms with van der Waals surface area (Å²) in [6, 6.07) is 31.5. The Morgan fingerprint density at radius 3 is 2.10 bits per heavy atom. The first-order valence-corrected chi connectivity index (χ1v) is 14.4. The number of aromatic nitrogens is 1. The van der Waals surface area contributed by atoms with Crippen LogP contribution < -0.4 is 0 Å². The Hall–Kier alpha value is -3.37. The Labute approximate surface area is 261 Å². The fraction of sp³-hybridized carbons (Fsp3) is 0.222. The summed E-state index contributed by atoms with van der Waals surface area (Å²) in [6.07, 6.45) is 3.19. The molecule has 1 radical (unpaired) electrons. The van der Waals surface area contributed by atoms with Crippen molar-refractivity contribution in [3.8, 4) is 32.8 Å². The molecule has 0 aliphatic heterocycles. The first-order chi connectivity index (χ1) is 19.1. The molecule has 5 aromatic rings. The second kappa shape index (κ2) is 14.5. The molecule has 3 nitrogen and oxygen atoms in total. The van der Waals surface area contributed by atoms with Crippen LogP contribution in [0.2, 0.25) is 0 Å². The number of pyridine rings is 1. The largest absolute Gasteiger partial charge is 0.512 e. The number of carbonyl (C=O) groups excluding carboxylic acids is 1. The summed E-state index contributed by atoms with van der Waals surface area (Å²) in [6.45, 7) is 12.0. The van der Waals surface area contributed by atoms with Crippen molar-refractivity contribution in [3.05, 3.63) is 114 Å². The van der Waals surface area contributed by atoms with E-state index in [9.17, 15) is 4.79 Å². The molecule has 3 aromatic carbocycles. The minimum absolute atomic E-state index is 0. The first-order valence-electron chi connectivity index (χ1n) is 13.6. The zero-order valence-corrected chi connectivity index (χ0v) is 27.6. The number of aliphatic hydroxyl groups excluding tert-OH is 1. The van der Waals surface area contributed by atoms with Crippen LogP contribution >= 0.6 is 11.3 Å². The summed E-state index contributed by atoms with van der Waals surface area (Å²) in [5.74, 6) is 0.897. The van der Waals surface area contributed by atoms with Gasteiger partial charge >= 0.3 is 0 Å². The number of nitrogens with zero attached hydrogens (tertiary/aromatic N) is 1. The van der Waals surface area contributed by atoms with E-state index >= 15 is 0 Å². The topological polar surface area (TPSA) is 50.2 Å². The Balaban J connectivity index is 0.000000516. The van der Waals surface area contributed by atoms with Crippen LogP contribution in [-0.4, -0.2) is 15.9 Å². The maximum absolute atomic E-state index is 10.0. The number of benzene rings is 3. The van der Waals surface area contributed by atoms with Crippen molar-refractivity contribution < 1.29 is 30.0 Å². The molecule has 0 fully saturated rings.